The molecule has 126 valence electrons. The molecule has 3 N–H and O–H groups in total. The summed E-state index contributed by atoms with van der Waals surface area (Å²) < 4.78 is 5.17. The van der Waals surface area contributed by atoms with Gasteiger partial charge in [0.2, 0.25) is 5.91 Å². The Kier molecular flexibility index (Phi) is 6.37. The minimum absolute atomic E-state index is 0.319. The SMILES string of the molecule is C/C=c1/ccc(C[C@H](NC(=O)OC(C)(C)C)C(N)=O)c/c1=C/C. The third-order valence-corrected chi connectivity index (χ3v) is 3.25. The average Bonchev–Trinajstić information content (AvgIpc) is 2.44. The molecule has 0 heterocycles. The van der Waals surface area contributed by atoms with E-state index in [0.29, 0.717) is 6.42 Å². The summed E-state index contributed by atoms with van der Waals surface area (Å²) >= 11 is 0. The van der Waals surface area contributed by atoms with Crippen LogP contribution >= 0.6 is 0 Å². The number of hydrogen-bond donors (Lipinski definition) is 2. The number of primary amides is 1. The van der Waals surface area contributed by atoms with Crippen molar-refractivity contribution in [2.45, 2.75) is 52.7 Å². The molecule has 1 aromatic rings. The van der Waals surface area contributed by atoms with E-state index in [-0.39, 0.29) is 0 Å². The van der Waals surface area contributed by atoms with Gasteiger partial charge in [0.1, 0.15) is 11.6 Å². The quantitative estimate of drug-likeness (QED) is 0.875. The van der Waals surface area contributed by atoms with Gasteiger partial charge >= 0.3 is 6.09 Å². The van der Waals surface area contributed by atoms with E-state index in [0.717, 1.165) is 16.0 Å². The van der Waals surface area contributed by atoms with Gasteiger partial charge in [0, 0.05) is 6.42 Å². The summed E-state index contributed by atoms with van der Waals surface area (Å²) in [5.74, 6) is -0.594. The summed E-state index contributed by atoms with van der Waals surface area (Å²) in [7, 11) is 0. The highest BCUT2D eigenvalue weighted by molar-refractivity contribution is 5.84. The normalized spacial score (nSPS) is 14.5. The molecule has 5 heteroatoms. The van der Waals surface area contributed by atoms with Gasteiger partial charge in [-0.15, -0.1) is 0 Å². The molecule has 0 radical (unpaired) electrons. The molecule has 0 aliphatic rings. The molecule has 0 spiro atoms. The zero-order valence-electron chi connectivity index (χ0n) is 14.5. The Morgan fingerprint density at radius 1 is 1.22 bits per heavy atom. The Labute approximate surface area is 137 Å². The number of carbonyl (C=O) groups is 2. The summed E-state index contributed by atoms with van der Waals surface area (Å²) in [6.45, 7) is 9.20. The van der Waals surface area contributed by atoms with Crippen LogP contribution in [-0.2, 0) is 16.0 Å². The van der Waals surface area contributed by atoms with Crippen LogP contribution in [0.3, 0.4) is 0 Å². The molecule has 0 unspecified atom stereocenters. The second-order valence-electron chi connectivity index (χ2n) is 6.35. The molecule has 5 nitrogen and oxygen atoms in total. The lowest BCUT2D eigenvalue weighted by molar-refractivity contribution is -0.120. The maximum Gasteiger partial charge on any atom is 0.408 e. The number of rotatable bonds is 4. The van der Waals surface area contributed by atoms with Crippen LogP contribution in [0.1, 0.15) is 40.2 Å². The lowest BCUT2D eigenvalue weighted by atomic mass is 10.0. The highest BCUT2D eigenvalue weighted by Crippen LogP contribution is 2.07. The minimum Gasteiger partial charge on any atom is -0.444 e. The predicted octanol–water partition coefficient (Wildman–Crippen LogP) is 1.21. The van der Waals surface area contributed by atoms with Gasteiger partial charge in [-0.2, -0.15) is 0 Å². The van der Waals surface area contributed by atoms with Crippen molar-refractivity contribution in [3.8, 4) is 0 Å². The number of benzene rings is 1. The number of ether oxygens (including phenoxy) is 1. The first-order valence-corrected chi connectivity index (χ1v) is 7.66. The van der Waals surface area contributed by atoms with Crippen LogP contribution in [0.2, 0.25) is 0 Å². The largest absolute Gasteiger partial charge is 0.444 e. The van der Waals surface area contributed by atoms with Gasteiger partial charge in [-0.1, -0.05) is 30.4 Å². The highest BCUT2D eigenvalue weighted by Gasteiger charge is 2.22. The minimum atomic E-state index is -0.814. The molecular formula is C18H26N2O3. The highest BCUT2D eigenvalue weighted by atomic mass is 16.6. The molecule has 0 saturated heterocycles. The van der Waals surface area contributed by atoms with Crippen molar-refractivity contribution in [1.29, 1.82) is 0 Å². The number of alkyl carbamates (subject to hydrolysis) is 1. The van der Waals surface area contributed by atoms with Crippen molar-refractivity contribution in [2.24, 2.45) is 5.73 Å². The fourth-order valence-electron chi connectivity index (χ4n) is 2.17. The molecule has 1 atom stereocenters. The number of nitrogens with two attached hydrogens (primary N) is 1. The first-order chi connectivity index (χ1) is 10.7. The smallest absolute Gasteiger partial charge is 0.408 e. The molecule has 1 aromatic carbocycles. The van der Waals surface area contributed by atoms with Gasteiger partial charge in [0.25, 0.3) is 0 Å². The fraction of sp³-hybridized carbons (Fsp3) is 0.444. The maximum absolute atomic E-state index is 11.8. The van der Waals surface area contributed by atoms with Crippen LogP contribution in [0.5, 0.6) is 0 Å². The Bertz CT molecular complexity index is 687. The first-order valence-electron chi connectivity index (χ1n) is 7.66. The third-order valence-electron chi connectivity index (χ3n) is 3.25. The average molecular weight is 318 g/mol. The van der Waals surface area contributed by atoms with Gasteiger partial charge < -0.3 is 15.8 Å². The third kappa shape index (κ3) is 6.14. The Balaban J connectivity index is 2.93. The monoisotopic (exact) mass is 318 g/mol. The van der Waals surface area contributed by atoms with Gasteiger partial charge in [-0.25, -0.2) is 4.79 Å². The summed E-state index contributed by atoms with van der Waals surface area (Å²) in [5, 5.41) is 4.73. The van der Waals surface area contributed by atoms with Gasteiger partial charge in [-0.3, -0.25) is 4.79 Å². The van der Waals surface area contributed by atoms with Crippen LogP contribution in [0, 0.1) is 0 Å². The maximum atomic E-state index is 11.8. The second kappa shape index (κ2) is 7.81. The predicted molar refractivity (Wildman–Crippen MR) is 92.0 cm³/mol. The molecule has 2 amide bonds. The number of nitrogens with one attached hydrogen (secondary N) is 1. The zero-order valence-corrected chi connectivity index (χ0v) is 14.5. The molecule has 0 saturated carbocycles. The van der Waals surface area contributed by atoms with E-state index in [2.05, 4.69) is 5.32 Å². The van der Waals surface area contributed by atoms with Crippen LogP contribution in [0.25, 0.3) is 12.2 Å². The summed E-state index contributed by atoms with van der Waals surface area (Å²) in [6, 6.07) is 5.08. The van der Waals surface area contributed by atoms with E-state index in [9.17, 15) is 9.59 Å². The van der Waals surface area contributed by atoms with Crippen LogP contribution in [-0.4, -0.2) is 23.6 Å². The van der Waals surface area contributed by atoms with Crippen LogP contribution in [0.4, 0.5) is 4.79 Å². The van der Waals surface area contributed by atoms with E-state index in [1.165, 1.54) is 0 Å². The van der Waals surface area contributed by atoms with Crippen molar-refractivity contribution < 1.29 is 14.3 Å². The van der Waals surface area contributed by atoms with Gasteiger partial charge in [0.15, 0.2) is 0 Å². The summed E-state index contributed by atoms with van der Waals surface area (Å²) in [4.78, 5) is 23.5. The number of amides is 2. The fourth-order valence-corrected chi connectivity index (χ4v) is 2.17. The Hall–Kier alpha value is -2.30. The summed E-state index contributed by atoms with van der Waals surface area (Å²) in [6.07, 6.45) is 3.68. The Morgan fingerprint density at radius 3 is 2.30 bits per heavy atom. The van der Waals surface area contributed by atoms with E-state index in [1.807, 2.05) is 44.2 Å². The van der Waals surface area contributed by atoms with Crippen molar-refractivity contribution in [3.05, 3.63) is 34.2 Å². The molecule has 23 heavy (non-hydrogen) atoms. The van der Waals surface area contributed by atoms with Crippen molar-refractivity contribution in [3.63, 3.8) is 0 Å². The molecular weight excluding hydrogens is 292 g/mol. The molecule has 0 aliphatic heterocycles. The number of hydrogen-bond acceptors (Lipinski definition) is 3. The van der Waals surface area contributed by atoms with E-state index >= 15 is 0 Å². The summed E-state index contributed by atoms with van der Waals surface area (Å²) in [5.41, 5.74) is 5.69. The second-order valence-corrected chi connectivity index (χ2v) is 6.35. The van der Waals surface area contributed by atoms with Crippen LogP contribution in [0.15, 0.2) is 18.2 Å². The first kappa shape index (κ1) is 18.7. The van der Waals surface area contributed by atoms with Gasteiger partial charge in [-0.05, 0) is 50.6 Å². The molecule has 0 bridgehead atoms. The van der Waals surface area contributed by atoms with Crippen molar-refractivity contribution in [2.75, 3.05) is 0 Å². The van der Waals surface area contributed by atoms with E-state index in [4.69, 9.17) is 10.5 Å². The standard InChI is InChI=1S/C18H26N2O3/c1-6-13-9-8-12(10-14(13)7-2)11-15(16(19)21)20-17(22)23-18(3,4)5/h6-10,15H,11H2,1-5H3,(H2,19,21)(H,20,22)/b13-6-,14-7-/t15-/m0/s1. The lowest BCUT2D eigenvalue weighted by Gasteiger charge is -2.22. The van der Waals surface area contributed by atoms with Crippen LogP contribution < -0.4 is 21.5 Å². The van der Waals surface area contributed by atoms with Crippen molar-refractivity contribution in [1.82, 2.24) is 5.32 Å². The van der Waals surface area contributed by atoms with E-state index in [1.54, 1.807) is 20.8 Å². The van der Waals surface area contributed by atoms with Crippen molar-refractivity contribution >= 4 is 24.2 Å². The molecule has 1 rings (SSSR count). The number of carbonyl (C=O) groups excluding carboxylic acids is 2. The molecule has 0 aliphatic carbocycles. The zero-order chi connectivity index (χ0) is 17.6. The van der Waals surface area contributed by atoms with Gasteiger partial charge in [0.05, 0.1) is 0 Å². The lowest BCUT2D eigenvalue weighted by Crippen LogP contribution is -2.47. The Morgan fingerprint density at radius 2 is 1.83 bits per heavy atom. The molecule has 0 aromatic heterocycles. The molecule has 0 fully saturated rings. The topological polar surface area (TPSA) is 81.4 Å². The van der Waals surface area contributed by atoms with E-state index < -0.39 is 23.6 Å².